The van der Waals surface area contributed by atoms with Crippen LogP contribution < -0.4 is 15.5 Å². The van der Waals surface area contributed by atoms with Crippen LogP contribution in [0, 0.1) is 0 Å². The average Bonchev–Trinajstić information content (AvgIpc) is 3.06. The van der Waals surface area contributed by atoms with Crippen molar-refractivity contribution < 1.29 is 14.3 Å². The molecule has 0 aliphatic rings. The zero-order valence-electron chi connectivity index (χ0n) is 11.9. The molecular formula is C15H15N3O3S. The van der Waals surface area contributed by atoms with E-state index in [1.165, 1.54) is 18.4 Å². The van der Waals surface area contributed by atoms with Gasteiger partial charge in [0.1, 0.15) is 5.75 Å². The van der Waals surface area contributed by atoms with Crippen molar-refractivity contribution in [3.63, 3.8) is 0 Å². The normalized spacial score (nSPS) is 10.4. The number of benzene rings is 1. The first-order valence-electron chi connectivity index (χ1n) is 6.47. The highest BCUT2D eigenvalue weighted by Crippen LogP contribution is 2.16. The van der Waals surface area contributed by atoms with Crippen molar-refractivity contribution in [1.82, 2.24) is 10.7 Å². The molecule has 6 nitrogen and oxygen atoms in total. The summed E-state index contributed by atoms with van der Waals surface area (Å²) in [6.07, 6.45) is 1.55. The molecule has 1 aromatic heterocycles. The number of ether oxygens (including phenoxy) is 1. The van der Waals surface area contributed by atoms with Crippen molar-refractivity contribution in [3.05, 3.63) is 52.2 Å². The summed E-state index contributed by atoms with van der Waals surface area (Å²) in [4.78, 5) is 24.5. The van der Waals surface area contributed by atoms with E-state index >= 15 is 0 Å². The van der Waals surface area contributed by atoms with Crippen LogP contribution in [0.2, 0.25) is 0 Å². The smallest absolute Gasteiger partial charge is 0.259 e. The number of amides is 2. The molecule has 114 valence electrons. The minimum Gasteiger partial charge on any atom is -0.496 e. The van der Waals surface area contributed by atoms with Crippen LogP contribution in [-0.2, 0) is 4.79 Å². The standard InChI is InChI=1S/C15H15N3O3S/c1-21-13-7-3-2-6-12(13)15(20)16-10-14(19)18-17-9-11-5-4-8-22-11/h2-9H,10H2,1H3,(H,16,20)(H,18,19)/b17-9-. The molecule has 2 rings (SSSR count). The fourth-order valence-corrected chi connectivity index (χ4v) is 2.25. The van der Waals surface area contributed by atoms with E-state index in [1.54, 1.807) is 30.5 Å². The Morgan fingerprint density at radius 3 is 2.82 bits per heavy atom. The molecule has 0 saturated carbocycles. The first kappa shape index (κ1) is 15.7. The Labute approximate surface area is 131 Å². The van der Waals surface area contributed by atoms with Crippen LogP contribution in [0.4, 0.5) is 0 Å². The Balaban J connectivity index is 1.82. The van der Waals surface area contributed by atoms with Gasteiger partial charge in [-0.3, -0.25) is 9.59 Å². The second kappa shape index (κ2) is 7.94. The maximum atomic E-state index is 12.0. The summed E-state index contributed by atoms with van der Waals surface area (Å²) in [5.74, 6) is -0.331. The molecule has 2 N–H and O–H groups in total. The van der Waals surface area contributed by atoms with Crippen molar-refractivity contribution in [3.8, 4) is 5.75 Å². The third-order valence-corrected chi connectivity index (χ3v) is 3.49. The number of carbonyl (C=O) groups excluding carboxylic acids is 2. The molecule has 2 aromatic rings. The monoisotopic (exact) mass is 317 g/mol. The molecule has 22 heavy (non-hydrogen) atoms. The van der Waals surface area contributed by atoms with E-state index in [0.29, 0.717) is 11.3 Å². The number of rotatable bonds is 6. The topological polar surface area (TPSA) is 79.8 Å². The predicted molar refractivity (Wildman–Crippen MR) is 85.4 cm³/mol. The second-order valence-corrected chi connectivity index (χ2v) is 5.17. The predicted octanol–water partition coefficient (Wildman–Crippen LogP) is 1.64. The van der Waals surface area contributed by atoms with Crippen molar-refractivity contribution in [2.24, 2.45) is 5.10 Å². The second-order valence-electron chi connectivity index (χ2n) is 4.19. The highest BCUT2D eigenvalue weighted by Gasteiger charge is 2.12. The number of hydrazone groups is 1. The summed E-state index contributed by atoms with van der Waals surface area (Å²) in [6, 6.07) is 10.6. The molecule has 0 saturated heterocycles. The van der Waals surface area contributed by atoms with E-state index < -0.39 is 5.91 Å². The van der Waals surface area contributed by atoms with Crippen LogP contribution >= 0.6 is 11.3 Å². The van der Waals surface area contributed by atoms with Crippen LogP contribution in [0.15, 0.2) is 46.9 Å². The lowest BCUT2D eigenvalue weighted by Gasteiger charge is -2.08. The maximum Gasteiger partial charge on any atom is 0.259 e. The van der Waals surface area contributed by atoms with Gasteiger partial charge in [0.2, 0.25) is 0 Å². The molecule has 0 spiro atoms. The molecule has 2 amide bonds. The third kappa shape index (κ3) is 4.42. The maximum absolute atomic E-state index is 12.0. The van der Waals surface area contributed by atoms with Gasteiger partial charge in [0.25, 0.3) is 11.8 Å². The van der Waals surface area contributed by atoms with E-state index in [4.69, 9.17) is 4.74 Å². The average molecular weight is 317 g/mol. The Morgan fingerprint density at radius 2 is 2.09 bits per heavy atom. The quantitative estimate of drug-likeness (QED) is 0.628. The number of nitrogens with zero attached hydrogens (tertiary/aromatic N) is 1. The van der Waals surface area contributed by atoms with Gasteiger partial charge in [-0.2, -0.15) is 5.10 Å². The lowest BCUT2D eigenvalue weighted by molar-refractivity contribution is -0.120. The van der Waals surface area contributed by atoms with Crippen LogP contribution in [0.3, 0.4) is 0 Å². The molecular weight excluding hydrogens is 302 g/mol. The highest BCUT2D eigenvalue weighted by atomic mass is 32.1. The van der Waals surface area contributed by atoms with Gasteiger partial charge in [-0.25, -0.2) is 5.43 Å². The lowest BCUT2D eigenvalue weighted by Crippen LogP contribution is -2.35. The van der Waals surface area contributed by atoms with Crippen molar-refractivity contribution in [2.45, 2.75) is 0 Å². The Morgan fingerprint density at radius 1 is 1.27 bits per heavy atom. The lowest BCUT2D eigenvalue weighted by atomic mass is 10.2. The van der Waals surface area contributed by atoms with Gasteiger partial charge in [-0.05, 0) is 23.6 Å². The largest absolute Gasteiger partial charge is 0.496 e. The van der Waals surface area contributed by atoms with Crippen molar-refractivity contribution in [1.29, 1.82) is 0 Å². The molecule has 1 heterocycles. The Kier molecular flexibility index (Phi) is 5.67. The SMILES string of the molecule is COc1ccccc1C(=O)NCC(=O)N/N=C\c1cccs1. The summed E-state index contributed by atoms with van der Waals surface area (Å²) in [7, 11) is 1.48. The van der Waals surface area contributed by atoms with E-state index in [-0.39, 0.29) is 12.5 Å². The summed E-state index contributed by atoms with van der Waals surface area (Å²) in [5.41, 5.74) is 2.72. The number of carbonyl (C=O) groups is 2. The Hall–Kier alpha value is -2.67. The van der Waals surface area contributed by atoms with Crippen LogP contribution in [0.1, 0.15) is 15.2 Å². The van der Waals surface area contributed by atoms with Gasteiger partial charge in [0.05, 0.1) is 25.4 Å². The van der Waals surface area contributed by atoms with Crippen LogP contribution in [0.25, 0.3) is 0 Å². The number of para-hydroxylation sites is 1. The molecule has 0 atom stereocenters. The molecule has 0 bridgehead atoms. The van der Waals surface area contributed by atoms with Gasteiger partial charge in [-0.1, -0.05) is 18.2 Å². The minimum atomic E-state index is -0.406. The van der Waals surface area contributed by atoms with Gasteiger partial charge in [-0.15, -0.1) is 11.3 Å². The molecule has 0 aliphatic carbocycles. The Bertz CT molecular complexity index is 668. The molecule has 0 fully saturated rings. The minimum absolute atomic E-state index is 0.168. The third-order valence-electron chi connectivity index (χ3n) is 2.69. The van der Waals surface area contributed by atoms with E-state index in [2.05, 4.69) is 15.8 Å². The summed E-state index contributed by atoms with van der Waals surface area (Å²) >= 11 is 1.51. The zero-order chi connectivity index (χ0) is 15.8. The van der Waals surface area contributed by atoms with Crippen molar-refractivity contribution >= 4 is 29.4 Å². The van der Waals surface area contributed by atoms with Gasteiger partial charge in [0, 0.05) is 4.88 Å². The number of nitrogens with one attached hydrogen (secondary N) is 2. The summed E-state index contributed by atoms with van der Waals surface area (Å²) in [6.45, 7) is -0.168. The van der Waals surface area contributed by atoms with E-state index in [9.17, 15) is 9.59 Å². The molecule has 0 unspecified atom stereocenters. The van der Waals surface area contributed by atoms with Crippen molar-refractivity contribution in [2.75, 3.05) is 13.7 Å². The molecule has 7 heteroatoms. The zero-order valence-corrected chi connectivity index (χ0v) is 12.7. The number of methoxy groups -OCH3 is 1. The van der Waals surface area contributed by atoms with E-state index in [1.807, 2.05) is 17.5 Å². The first-order valence-corrected chi connectivity index (χ1v) is 7.35. The molecule has 1 aromatic carbocycles. The fraction of sp³-hybridized carbons (Fsp3) is 0.133. The van der Waals surface area contributed by atoms with Crippen LogP contribution in [0.5, 0.6) is 5.75 Å². The number of hydrogen-bond donors (Lipinski definition) is 2. The highest BCUT2D eigenvalue weighted by molar-refractivity contribution is 7.11. The first-order chi connectivity index (χ1) is 10.7. The molecule has 0 aliphatic heterocycles. The number of thiophene rings is 1. The van der Waals surface area contributed by atoms with Gasteiger partial charge in [0.15, 0.2) is 0 Å². The number of hydrogen-bond acceptors (Lipinski definition) is 5. The summed E-state index contributed by atoms with van der Waals surface area (Å²) < 4.78 is 5.10. The van der Waals surface area contributed by atoms with E-state index in [0.717, 1.165) is 4.88 Å². The fourth-order valence-electron chi connectivity index (χ4n) is 1.66. The van der Waals surface area contributed by atoms with Gasteiger partial charge >= 0.3 is 0 Å². The van der Waals surface area contributed by atoms with Crippen LogP contribution in [-0.4, -0.2) is 31.7 Å². The summed E-state index contributed by atoms with van der Waals surface area (Å²) in [5, 5.41) is 8.24. The molecule has 0 radical (unpaired) electrons. The van der Waals surface area contributed by atoms with Gasteiger partial charge < -0.3 is 10.1 Å².